The second-order valence-electron chi connectivity index (χ2n) is 1.25. The van der Waals surface area contributed by atoms with E-state index in [9.17, 15) is 0 Å². The molecule has 0 aliphatic carbocycles. The van der Waals surface area contributed by atoms with Crippen LogP contribution in [0.1, 0.15) is 15.3 Å². The molecule has 0 bridgehead atoms. The number of hydrogen-bond acceptors (Lipinski definition) is 2. The van der Waals surface area contributed by atoms with E-state index in [2.05, 4.69) is 12.2 Å². The number of hydrogen-bond donors (Lipinski definition) is 1. The summed E-state index contributed by atoms with van der Waals surface area (Å²) in [5.41, 5.74) is 0. The predicted octanol–water partition coefficient (Wildman–Crippen LogP) is -3.72. The van der Waals surface area contributed by atoms with E-state index < -0.39 is 0 Å². The van der Waals surface area contributed by atoms with E-state index in [1.54, 1.807) is 11.8 Å². The van der Waals surface area contributed by atoms with Gasteiger partial charge in [0.1, 0.15) is 4.32 Å². The Morgan fingerprint density at radius 1 is 1.33 bits per heavy atom. The Kier molecular flexibility index (Phi) is 55.4. The minimum absolute atomic E-state index is 0. The molecule has 0 unspecified atom stereocenters. The van der Waals surface area contributed by atoms with Gasteiger partial charge in [0.25, 0.3) is 0 Å². The summed E-state index contributed by atoms with van der Waals surface area (Å²) in [6.07, 6.45) is 0. The SMILES string of the molecule is CCNC(=S)SCC.O.O.O.[H-].[Na+]. The molecule has 4 nitrogen and oxygen atoms in total. The molecular formula is C5H18NNaO3S2. The van der Waals surface area contributed by atoms with Gasteiger partial charge in [-0.3, -0.25) is 0 Å². The van der Waals surface area contributed by atoms with Gasteiger partial charge in [0.05, 0.1) is 0 Å². The van der Waals surface area contributed by atoms with Crippen LogP contribution in [0.15, 0.2) is 0 Å². The summed E-state index contributed by atoms with van der Waals surface area (Å²) in [5, 5.41) is 3.04. The molecule has 0 aliphatic heterocycles. The van der Waals surface area contributed by atoms with Gasteiger partial charge in [-0.05, 0) is 12.7 Å². The van der Waals surface area contributed by atoms with Crippen molar-refractivity contribution >= 4 is 28.3 Å². The van der Waals surface area contributed by atoms with E-state index in [0.29, 0.717) is 0 Å². The van der Waals surface area contributed by atoms with Crippen LogP contribution in [0.5, 0.6) is 0 Å². The Morgan fingerprint density at radius 2 is 1.75 bits per heavy atom. The maximum atomic E-state index is 4.90. The molecule has 0 radical (unpaired) electrons. The minimum Gasteiger partial charge on any atom is -1.00 e. The van der Waals surface area contributed by atoms with Crippen LogP contribution in [0.3, 0.4) is 0 Å². The summed E-state index contributed by atoms with van der Waals surface area (Å²) >= 11 is 6.58. The summed E-state index contributed by atoms with van der Waals surface area (Å²) in [6.45, 7) is 5.07. The fourth-order valence-corrected chi connectivity index (χ4v) is 1.33. The number of nitrogens with one attached hydrogen (secondary N) is 1. The van der Waals surface area contributed by atoms with Gasteiger partial charge in [0, 0.05) is 6.54 Å². The van der Waals surface area contributed by atoms with E-state index in [1.165, 1.54) is 0 Å². The van der Waals surface area contributed by atoms with Gasteiger partial charge in [-0.25, -0.2) is 0 Å². The van der Waals surface area contributed by atoms with Crippen molar-refractivity contribution in [2.75, 3.05) is 12.3 Å². The first-order valence-electron chi connectivity index (χ1n) is 2.71. The van der Waals surface area contributed by atoms with Gasteiger partial charge < -0.3 is 23.2 Å². The standard InChI is InChI=1S/C5H11NS2.Na.3H2O.H/c1-3-6-5(7)8-4-2;;;;;/h3-4H2,1-2H3,(H,6,7);;3*1H2;/q;+1;;;;-1. The molecule has 0 spiro atoms. The van der Waals surface area contributed by atoms with Crippen LogP contribution in [0.25, 0.3) is 0 Å². The molecule has 12 heavy (non-hydrogen) atoms. The average molecular weight is 227 g/mol. The molecular weight excluding hydrogens is 209 g/mol. The average Bonchev–Trinajstić information content (AvgIpc) is 1.68. The van der Waals surface area contributed by atoms with Gasteiger partial charge in [-0.2, -0.15) is 0 Å². The van der Waals surface area contributed by atoms with Crippen molar-refractivity contribution in [3.8, 4) is 0 Å². The van der Waals surface area contributed by atoms with Crippen molar-refractivity contribution in [2.24, 2.45) is 0 Å². The third kappa shape index (κ3) is 22.5. The van der Waals surface area contributed by atoms with E-state index >= 15 is 0 Å². The maximum Gasteiger partial charge on any atom is 1.00 e. The third-order valence-corrected chi connectivity index (χ3v) is 1.79. The largest absolute Gasteiger partial charge is 1.00 e. The summed E-state index contributed by atoms with van der Waals surface area (Å²) in [6, 6.07) is 0. The van der Waals surface area contributed by atoms with E-state index in [1.807, 2.05) is 6.92 Å². The van der Waals surface area contributed by atoms with Crippen molar-refractivity contribution in [2.45, 2.75) is 13.8 Å². The number of thiocarbonyl (C=S) groups is 1. The van der Waals surface area contributed by atoms with Crippen LogP contribution in [-0.2, 0) is 0 Å². The summed E-state index contributed by atoms with van der Waals surface area (Å²) in [5.74, 6) is 1.06. The van der Waals surface area contributed by atoms with Crippen molar-refractivity contribution in [3.05, 3.63) is 0 Å². The van der Waals surface area contributed by atoms with Crippen LogP contribution in [0, 0.1) is 0 Å². The first kappa shape index (κ1) is 29.2. The molecule has 7 heteroatoms. The van der Waals surface area contributed by atoms with Gasteiger partial charge in [-0.1, -0.05) is 30.9 Å². The smallest absolute Gasteiger partial charge is 1.00 e. The minimum atomic E-state index is 0. The molecule has 0 aromatic rings. The third-order valence-electron chi connectivity index (χ3n) is 0.597. The van der Waals surface area contributed by atoms with E-state index in [0.717, 1.165) is 16.6 Å². The van der Waals surface area contributed by atoms with Crippen molar-refractivity contribution < 1.29 is 47.4 Å². The second-order valence-corrected chi connectivity index (χ2v) is 3.19. The molecule has 0 fully saturated rings. The molecule has 0 aromatic carbocycles. The van der Waals surface area contributed by atoms with Crippen molar-refractivity contribution in [1.82, 2.24) is 5.32 Å². The van der Waals surface area contributed by atoms with Crippen LogP contribution in [0.2, 0.25) is 0 Å². The molecule has 0 amide bonds. The number of thioether (sulfide) groups is 1. The van der Waals surface area contributed by atoms with E-state index in [4.69, 9.17) is 12.2 Å². The van der Waals surface area contributed by atoms with Crippen LogP contribution in [0.4, 0.5) is 0 Å². The zero-order valence-corrected chi connectivity index (χ0v) is 11.4. The molecule has 0 aromatic heterocycles. The molecule has 0 heterocycles. The van der Waals surface area contributed by atoms with Gasteiger partial charge >= 0.3 is 29.6 Å². The Morgan fingerprint density at radius 3 is 2.00 bits per heavy atom. The molecule has 74 valence electrons. The van der Waals surface area contributed by atoms with Crippen molar-refractivity contribution in [3.63, 3.8) is 0 Å². The van der Waals surface area contributed by atoms with Crippen molar-refractivity contribution in [1.29, 1.82) is 0 Å². The monoisotopic (exact) mass is 227 g/mol. The van der Waals surface area contributed by atoms with Crippen LogP contribution < -0.4 is 34.9 Å². The quantitative estimate of drug-likeness (QED) is 0.387. The molecule has 0 aliphatic rings. The Hall–Kier alpha value is 1.12. The molecule has 0 saturated carbocycles. The molecule has 0 atom stereocenters. The summed E-state index contributed by atoms with van der Waals surface area (Å²) in [4.78, 5) is 0. The second kappa shape index (κ2) is 22.7. The topological polar surface area (TPSA) is 107 Å². The fraction of sp³-hybridized carbons (Fsp3) is 0.800. The zero-order valence-electron chi connectivity index (χ0n) is 8.73. The molecule has 0 saturated heterocycles. The molecule has 7 N–H and O–H groups in total. The predicted molar refractivity (Wildman–Crippen MR) is 56.4 cm³/mol. The zero-order chi connectivity index (χ0) is 6.41. The fourth-order valence-electron chi connectivity index (χ4n) is 0.326. The van der Waals surface area contributed by atoms with Crippen LogP contribution in [-0.4, -0.2) is 33.0 Å². The van der Waals surface area contributed by atoms with Gasteiger partial charge in [0.2, 0.25) is 0 Å². The van der Waals surface area contributed by atoms with Gasteiger partial charge in [-0.15, -0.1) is 0 Å². The first-order valence-corrected chi connectivity index (χ1v) is 4.11. The summed E-state index contributed by atoms with van der Waals surface area (Å²) in [7, 11) is 0. The first-order chi connectivity index (χ1) is 3.81. The Labute approximate surface area is 107 Å². The van der Waals surface area contributed by atoms with Crippen LogP contribution >= 0.6 is 24.0 Å². The van der Waals surface area contributed by atoms with E-state index in [-0.39, 0.29) is 47.4 Å². The number of rotatable bonds is 2. The summed E-state index contributed by atoms with van der Waals surface area (Å²) < 4.78 is 0.912. The maximum absolute atomic E-state index is 4.90. The van der Waals surface area contributed by atoms with Gasteiger partial charge in [0.15, 0.2) is 0 Å². The Balaban J connectivity index is -0.0000000245. The Bertz CT molecular complexity index is 84.2. The normalized spacial score (nSPS) is 5.83. The molecule has 0 rings (SSSR count).